The number of Topliss-reactive ketones (excluding diaryl/α,β-unsaturated/α-hetero) is 1. The fourth-order valence-electron chi connectivity index (χ4n) is 4.65. The molecule has 0 saturated heterocycles. The lowest BCUT2D eigenvalue weighted by Gasteiger charge is -2.46. The molecule has 4 atom stereocenters. The Bertz CT molecular complexity index is 887. The van der Waals surface area contributed by atoms with Crippen LogP contribution in [0.1, 0.15) is 42.7 Å². The SMILES string of the molecule is C=CCOc1ccc2c(c1)C1C(=O)CC2C(C(=O)OCC[Si](C)(C)C)C1C(=O)OCCC. The monoisotopic (exact) mass is 458 g/mol. The molecule has 0 heterocycles. The minimum absolute atomic E-state index is 0.0343. The molecule has 1 fully saturated rings. The van der Waals surface area contributed by atoms with Crippen LogP contribution in [0.15, 0.2) is 30.9 Å². The maximum Gasteiger partial charge on any atom is 0.310 e. The summed E-state index contributed by atoms with van der Waals surface area (Å²) in [5.74, 6) is -3.01. The van der Waals surface area contributed by atoms with E-state index in [9.17, 15) is 14.4 Å². The Morgan fingerprint density at radius 3 is 2.44 bits per heavy atom. The number of ketones is 1. The summed E-state index contributed by atoms with van der Waals surface area (Å²) in [6.45, 7) is 13.2. The topological polar surface area (TPSA) is 78.9 Å². The molecular weight excluding hydrogens is 424 g/mol. The normalized spacial score (nSPS) is 23.9. The molecule has 0 radical (unpaired) electrons. The molecule has 174 valence electrons. The van der Waals surface area contributed by atoms with Crippen molar-refractivity contribution in [1.29, 1.82) is 0 Å². The first kappa shape index (κ1) is 24.2. The second-order valence-corrected chi connectivity index (χ2v) is 15.5. The van der Waals surface area contributed by atoms with Gasteiger partial charge in [0.25, 0.3) is 0 Å². The smallest absolute Gasteiger partial charge is 0.310 e. The molecule has 2 bridgehead atoms. The van der Waals surface area contributed by atoms with Gasteiger partial charge in [-0.15, -0.1) is 0 Å². The highest BCUT2D eigenvalue weighted by atomic mass is 28.3. The van der Waals surface area contributed by atoms with Gasteiger partial charge in [0.1, 0.15) is 18.1 Å². The average molecular weight is 459 g/mol. The number of esters is 2. The maximum atomic E-state index is 13.2. The summed E-state index contributed by atoms with van der Waals surface area (Å²) in [6.07, 6.45) is 2.55. The number of carbonyl (C=O) groups excluding carboxylic acids is 3. The number of ether oxygens (including phenoxy) is 3. The highest BCUT2D eigenvalue weighted by Gasteiger charge is 2.57. The Morgan fingerprint density at radius 1 is 1.09 bits per heavy atom. The molecule has 4 unspecified atom stereocenters. The van der Waals surface area contributed by atoms with Crippen LogP contribution in [0.25, 0.3) is 0 Å². The molecule has 32 heavy (non-hydrogen) atoms. The first-order valence-corrected chi connectivity index (χ1v) is 15.1. The standard InChI is InChI=1S/C25H34O6Si/c1-6-10-29-16-8-9-17-18(14-16)21-20(26)15-19(17)22(23(21)25(28)30-11-7-2)24(27)31-12-13-32(3,4)5/h6,8-9,14,19,21-23H,1,7,10-13,15H2,2-5H3. The number of rotatable bonds is 10. The fourth-order valence-corrected chi connectivity index (χ4v) is 5.36. The van der Waals surface area contributed by atoms with Gasteiger partial charge >= 0.3 is 11.9 Å². The minimum atomic E-state index is -1.38. The summed E-state index contributed by atoms with van der Waals surface area (Å²) in [7, 11) is -1.38. The van der Waals surface area contributed by atoms with Crippen LogP contribution in [-0.4, -0.2) is 45.6 Å². The van der Waals surface area contributed by atoms with Gasteiger partial charge in [-0.1, -0.05) is 45.3 Å². The van der Waals surface area contributed by atoms with Gasteiger partial charge in [0.2, 0.25) is 0 Å². The van der Waals surface area contributed by atoms with Crippen molar-refractivity contribution in [3.8, 4) is 5.75 Å². The van der Waals surface area contributed by atoms with Crippen LogP contribution >= 0.6 is 0 Å². The average Bonchev–Trinajstić information content (AvgIpc) is 2.74. The third-order valence-electron chi connectivity index (χ3n) is 6.20. The Morgan fingerprint density at radius 2 is 1.78 bits per heavy atom. The van der Waals surface area contributed by atoms with Crippen molar-refractivity contribution >= 4 is 25.8 Å². The second-order valence-electron chi connectivity index (χ2n) is 9.84. The largest absolute Gasteiger partial charge is 0.490 e. The van der Waals surface area contributed by atoms with Gasteiger partial charge in [-0.05, 0) is 35.7 Å². The molecular formula is C25H34O6Si. The van der Waals surface area contributed by atoms with Crippen molar-refractivity contribution < 1.29 is 28.6 Å². The lowest BCUT2D eigenvalue weighted by molar-refractivity contribution is -0.167. The van der Waals surface area contributed by atoms with Gasteiger partial charge in [-0.25, -0.2) is 0 Å². The molecule has 1 aromatic rings. The van der Waals surface area contributed by atoms with Crippen LogP contribution in [-0.2, 0) is 23.9 Å². The lowest BCUT2D eigenvalue weighted by atomic mass is 9.55. The van der Waals surface area contributed by atoms with E-state index < -0.39 is 43.7 Å². The molecule has 0 N–H and O–H groups in total. The van der Waals surface area contributed by atoms with Crippen LogP contribution in [0, 0.1) is 11.8 Å². The molecule has 3 aliphatic rings. The Hall–Kier alpha value is -2.41. The summed E-state index contributed by atoms with van der Waals surface area (Å²) >= 11 is 0. The van der Waals surface area contributed by atoms with E-state index in [1.165, 1.54) is 0 Å². The third kappa shape index (κ3) is 5.14. The van der Waals surface area contributed by atoms with E-state index in [0.29, 0.717) is 25.4 Å². The first-order valence-electron chi connectivity index (χ1n) is 11.4. The molecule has 0 aliphatic heterocycles. The summed E-state index contributed by atoms with van der Waals surface area (Å²) in [5.41, 5.74) is 1.68. The third-order valence-corrected chi connectivity index (χ3v) is 7.90. The highest BCUT2D eigenvalue weighted by molar-refractivity contribution is 6.76. The second kappa shape index (κ2) is 10.0. The van der Waals surface area contributed by atoms with Crippen molar-refractivity contribution in [2.24, 2.45) is 11.8 Å². The number of fused-ring (bicyclic) bond motifs is 2. The van der Waals surface area contributed by atoms with Crippen LogP contribution in [0.4, 0.5) is 0 Å². The molecule has 1 aromatic carbocycles. The molecule has 0 spiro atoms. The Balaban J connectivity index is 1.95. The Labute approximate surface area is 191 Å². The zero-order valence-corrected chi connectivity index (χ0v) is 20.5. The van der Waals surface area contributed by atoms with Gasteiger partial charge in [-0.3, -0.25) is 14.4 Å². The number of benzene rings is 1. The van der Waals surface area contributed by atoms with Crippen LogP contribution < -0.4 is 4.74 Å². The lowest BCUT2D eigenvalue weighted by Crippen LogP contribution is -2.50. The van der Waals surface area contributed by atoms with E-state index in [4.69, 9.17) is 14.2 Å². The summed E-state index contributed by atoms with van der Waals surface area (Å²) in [5, 5.41) is 0. The summed E-state index contributed by atoms with van der Waals surface area (Å²) in [4.78, 5) is 39.3. The van der Waals surface area contributed by atoms with Crippen molar-refractivity contribution in [3.05, 3.63) is 42.0 Å². The molecule has 6 nitrogen and oxygen atoms in total. The van der Waals surface area contributed by atoms with Crippen LogP contribution in [0.5, 0.6) is 5.75 Å². The molecule has 4 rings (SSSR count). The summed E-state index contributed by atoms with van der Waals surface area (Å²) in [6, 6.07) is 6.42. The van der Waals surface area contributed by atoms with Crippen molar-refractivity contribution in [2.75, 3.05) is 19.8 Å². The van der Waals surface area contributed by atoms with E-state index in [0.717, 1.165) is 17.2 Å². The number of carbonyl (C=O) groups is 3. The first-order chi connectivity index (χ1) is 15.2. The Kier molecular flexibility index (Phi) is 7.59. The van der Waals surface area contributed by atoms with Crippen molar-refractivity contribution in [2.45, 2.75) is 57.3 Å². The van der Waals surface area contributed by atoms with Crippen LogP contribution in [0.2, 0.25) is 25.7 Å². The van der Waals surface area contributed by atoms with Gasteiger partial charge in [0.15, 0.2) is 0 Å². The highest BCUT2D eigenvalue weighted by Crippen LogP contribution is 2.55. The van der Waals surface area contributed by atoms with Crippen LogP contribution in [0.3, 0.4) is 0 Å². The predicted octanol–water partition coefficient (Wildman–Crippen LogP) is 4.47. The van der Waals surface area contributed by atoms with E-state index >= 15 is 0 Å². The van der Waals surface area contributed by atoms with Gasteiger partial charge in [-0.2, -0.15) is 0 Å². The predicted molar refractivity (Wildman–Crippen MR) is 125 cm³/mol. The van der Waals surface area contributed by atoms with Crippen molar-refractivity contribution in [1.82, 2.24) is 0 Å². The van der Waals surface area contributed by atoms with E-state index in [2.05, 4.69) is 26.2 Å². The minimum Gasteiger partial charge on any atom is -0.490 e. The zero-order valence-electron chi connectivity index (χ0n) is 19.5. The number of hydrogen-bond acceptors (Lipinski definition) is 6. The maximum absolute atomic E-state index is 13.2. The van der Waals surface area contributed by atoms with Crippen molar-refractivity contribution in [3.63, 3.8) is 0 Å². The van der Waals surface area contributed by atoms with E-state index in [1.54, 1.807) is 6.08 Å². The molecule has 7 heteroatoms. The van der Waals surface area contributed by atoms with E-state index in [-0.39, 0.29) is 18.8 Å². The van der Waals surface area contributed by atoms with E-state index in [1.807, 2.05) is 25.1 Å². The summed E-state index contributed by atoms with van der Waals surface area (Å²) < 4.78 is 16.8. The zero-order chi connectivity index (χ0) is 23.5. The quantitative estimate of drug-likeness (QED) is 0.292. The number of hydrogen-bond donors (Lipinski definition) is 0. The molecule has 0 amide bonds. The van der Waals surface area contributed by atoms with Gasteiger partial charge in [0.05, 0.1) is 31.0 Å². The molecule has 1 saturated carbocycles. The molecule has 3 aliphatic carbocycles. The van der Waals surface area contributed by atoms with Gasteiger partial charge < -0.3 is 14.2 Å². The van der Waals surface area contributed by atoms with Gasteiger partial charge in [0, 0.05) is 20.4 Å². The fraction of sp³-hybridized carbons (Fsp3) is 0.560. The molecule has 0 aromatic heterocycles.